The van der Waals surface area contributed by atoms with Crippen LogP contribution in [-0.4, -0.2) is 41.1 Å². The van der Waals surface area contributed by atoms with Gasteiger partial charge in [0.25, 0.3) is 5.91 Å². The quantitative estimate of drug-likeness (QED) is 0.910. The Morgan fingerprint density at radius 2 is 1.95 bits per heavy atom. The van der Waals surface area contributed by atoms with Gasteiger partial charge in [0, 0.05) is 31.9 Å². The first-order valence-corrected chi connectivity index (χ1v) is 7.82. The van der Waals surface area contributed by atoms with Crippen LogP contribution in [0.2, 0.25) is 0 Å². The molecule has 21 heavy (non-hydrogen) atoms. The van der Waals surface area contributed by atoms with Gasteiger partial charge in [-0.2, -0.15) is 0 Å². The normalized spacial score (nSPS) is 23.1. The van der Waals surface area contributed by atoms with E-state index in [0.717, 1.165) is 43.2 Å². The lowest BCUT2D eigenvalue weighted by molar-refractivity contribution is 0.0664. The van der Waals surface area contributed by atoms with E-state index in [4.69, 9.17) is 0 Å². The van der Waals surface area contributed by atoms with Crippen molar-refractivity contribution < 1.29 is 4.79 Å². The van der Waals surface area contributed by atoms with Gasteiger partial charge in [0.15, 0.2) is 0 Å². The van der Waals surface area contributed by atoms with Crippen LogP contribution in [-0.2, 0) is 7.05 Å². The number of rotatable bonds is 2. The average Bonchev–Trinajstić information content (AvgIpc) is 3.10. The molecule has 3 rings (SSSR count). The van der Waals surface area contributed by atoms with Gasteiger partial charge in [-0.15, -0.1) is 12.4 Å². The van der Waals surface area contributed by atoms with Crippen molar-refractivity contribution in [2.45, 2.75) is 38.6 Å². The minimum Gasteiger partial charge on any atom is -0.344 e. The molecule has 0 aliphatic carbocycles. The van der Waals surface area contributed by atoms with Crippen molar-refractivity contribution in [3.05, 3.63) is 23.5 Å². The summed E-state index contributed by atoms with van der Waals surface area (Å²) in [5, 5.41) is 3.61. The predicted octanol–water partition coefficient (Wildman–Crippen LogP) is 2.36. The van der Waals surface area contributed by atoms with Crippen LogP contribution in [0.4, 0.5) is 0 Å². The molecule has 5 heteroatoms. The molecule has 2 aliphatic rings. The van der Waals surface area contributed by atoms with E-state index >= 15 is 0 Å². The number of aromatic nitrogens is 1. The highest BCUT2D eigenvalue weighted by Gasteiger charge is 2.30. The second-order valence-electron chi connectivity index (χ2n) is 6.25. The monoisotopic (exact) mass is 311 g/mol. The van der Waals surface area contributed by atoms with Crippen molar-refractivity contribution in [2.75, 3.05) is 19.6 Å². The third-order valence-corrected chi connectivity index (χ3v) is 5.09. The summed E-state index contributed by atoms with van der Waals surface area (Å²) < 4.78 is 1.99. The number of halogens is 1. The molecule has 1 atom stereocenters. The van der Waals surface area contributed by atoms with Gasteiger partial charge in [-0.25, -0.2) is 0 Å². The molecule has 0 aromatic carbocycles. The lowest BCUT2D eigenvalue weighted by atomic mass is 9.88. The molecular weight excluding hydrogens is 286 g/mol. The van der Waals surface area contributed by atoms with Gasteiger partial charge in [0.05, 0.1) is 0 Å². The minimum absolute atomic E-state index is 0. The van der Waals surface area contributed by atoms with E-state index in [1.165, 1.54) is 19.4 Å². The number of aryl methyl sites for hydroxylation is 1. The van der Waals surface area contributed by atoms with E-state index in [9.17, 15) is 4.79 Å². The van der Waals surface area contributed by atoms with Gasteiger partial charge >= 0.3 is 0 Å². The molecule has 0 saturated carbocycles. The second-order valence-corrected chi connectivity index (χ2v) is 6.25. The summed E-state index contributed by atoms with van der Waals surface area (Å²) >= 11 is 0. The largest absolute Gasteiger partial charge is 0.344 e. The van der Waals surface area contributed by atoms with Crippen LogP contribution in [0.15, 0.2) is 12.1 Å². The fourth-order valence-electron chi connectivity index (χ4n) is 3.61. The zero-order valence-corrected chi connectivity index (χ0v) is 13.8. The molecule has 1 N–H and O–H groups in total. The maximum absolute atomic E-state index is 12.6. The second kappa shape index (κ2) is 6.84. The van der Waals surface area contributed by atoms with Crippen LogP contribution in [0.1, 0.15) is 41.9 Å². The fraction of sp³-hybridized carbons (Fsp3) is 0.688. The Bertz CT molecular complexity index is 486. The van der Waals surface area contributed by atoms with E-state index < -0.39 is 0 Å². The molecule has 1 unspecified atom stereocenters. The number of likely N-dealkylation sites (tertiary alicyclic amines) is 1. The van der Waals surface area contributed by atoms with Crippen LogP contribution in [0.5, 0.6) is 0 Å². The highest BCUT2D eigenvalue weighted by Crippen LogP contribution is 2.26. The molecule has 1 aromatic rings. The average molecular weight is 312 g/mol. The Morgan fingerprint density at radius 1 is 1.24 bits per heavy atom. The molecule has 3 heterocycles. The van der Waals surface area contributed by atoms with Gasteiger partial charge in [-0.1, -0.05) is 0 Å². The van der Waals surface area contributed by atoms with Crippen LogP contribution in [0.25, 0.3) is 0 Å². The first-order chi connectivity index (χ1) is 9.66. The molecule has 2 fully saturated rings. The van der Waals surface area contributed by atoms with Crippen molar-refractivity contribution in [3.63, 3.8) is 0 Å². The highest BCUT2D eigenvalue weighted by atomic mass is 35.5. The molecule has 1 amide bonds. The topological polar surface area (TPSA) is 37.3 Å². The number of carbonyl (C=O) groups is 1. The Balaban J connectivity index is 0.00000161. The smallest absolute Gasteiger partial charge is 0.270 e. The molecule has 1 aromatic heterocycles. The molecule has 2 saturated heterocycles. The summed E-state index contributed by atoms with van der Waals surface area (Å²) in [4.78, 5) is 14.6. The number of hydrogen-bond acceptors (Lipinski definition) is 2. The molecular formula is C16H26ClN3O. The van der Waals surface area contributed by atoms with E-state index in [0.29, 0.717) is 6.04 Å². The van der Waals surface area contributed by atoms with Crippen molar-refractivity contribution in [2.24, 2.45) is 13.0 Å². The van der Waals surface area contributed by atoms with E-state index in [2.05, 4.69) is 5.32 Å². The lowest BCUT2D eigenvalue weighted by Crippen LogP contribution is -2.43. The Labute approximate surface area is 133 Å². The number of piperidine rings is 1. The molecule has 0 radical (unpaired) electrons. The molecule has 0 spiro atoms. The highest BCUT2D eigenvalue weighted by molar-refractivity contribution is 5.93. The van der Waals surface area contributed by atoms with Gasteiger partial charge in [0.2, 0.25) is 0 Å². The lowest BCUT2D eigenvalue weighted by Gasteiger charge is -2.35. The molecule has 2 aliphatic heterocycles. The third kappa shape index (κ3) is 3.27. The number of amides is 1. The maximum atomic E-state index is 12.6. The van der Waals surface area contributed by atoms with Gasteiger partial charge in [-0.05, 0) is 57.2 Å². The van der Waals surface area contributed by atoms with Crippen molar-refractivity contribution in [1.29, 1.82) is 0 Å². The molecule has 118 valence electrons. The Kier molecular flexibility index (Phi) is 5.33. The predicted molar refractivity (Wildman–Crippen MR) is 87.1 cm³/mol. The SMILES string of the molecule is Cc1ccc(C(=O)N2CCC(C3CCCN3)CC2)n1C.Cl. The number of hydrogen-bond donors (Lipinski definition) is 1. The van der Waals surface area contributed by atoms with Crippen LogP contribution in [0.3, 0.4) is 0 Å². The number of nitrogens with zero attached hydrogens (tertiary/aromatic N) is 2. The van der Waals surface area contributed by atoms with E-state index in [1.54, 1.807) is 0 Å². The van der Waals surface area contributed by atoms with Crippen LogP contribution in [0, 0.1) is 12.8 Å². The molecule has 4 nitrogen and oxygen atoms in total. The van der Waals surface area contributed by atoms with E-state index in [-0.39, 0.29) is 18.3 Å². The fourth-order valence-corrected chi connectivity index (χ4v) is 3.61. The first-order valence-electron chi connectivity index (χ1n) is 7.82. The summed E-state index contributed by atoms with van der Waals surface area (Å²) in [6, 6.07) is 4.66. The van der Waals surface area contributed by atoms with E-state index in [1.807, 2.05) is 35.6 Å². The van der Waals surface area contributed by atoms with Crippen LogP contribution >= 0.6 is 12.4 Å². The van der Waals surface area contributed by atoms with Crippen LogP contribution < -0.4 is 5.32 Å². The summed E-state index contributed by atoms with van der Waals surface area (Å²) in [5.74, 6) is 0.954. The summed E-state index contributed by atoms with van der Waals surface area (Å²) in [6.45, 7) is 5.03. The summed E-state index contributed by atoms with van der Waals surface area (Å²) in [6.07, 6.45) is 4.92. The third-order valence-electron chi connectivity index (χ3n) is 5.09. The van der Waals surface area contributed by atoms with Gasteiger partial charge in [-0.3, -0.25) is 4.79 Å². The van der Waals surface area contributed by atoms with Gasteiger partial charge in [0.1, 0.15) is 5.69 Å². The summed E-state index contributed by atoms with van der Waals surface area (Å²) in [7, 11) is 1.97. The van der Waals surface area contributed by atoms with Gasteiger partial charge < -0.3 is 14.8 Å². The number of nitrogens with one attached hydrogen (secondary N) is 1. The maximum Gasteiger partial charge on any atom is 0.270 e. The Morgan fingerprint density at radius 3 is 2.48 bits per heavy atom. The standard InChI is InChI=1S/C16H25N3O.ClH/c1-12-5-6-15(18(12)2)16(20)19-10-7-13(8-11-19)14-4-3-9-17-14;/h5-6,13-14,17H,3-4,7-11H2,1-2H3;1H. The minimum atomic E-state index is 0. The van der Waals surface area contributed by atoms with Crippen molar-refractivity contribution >= 4 is 18.3 Å². The number of carbonyl (C=O) groups excluding carboxylic acids is 1. The van der Waals surface area contributed by atoms with Crippen molar-refractivity contribution in [1.82, 2.24) is 14.8 Å². The molecule has 0 bridgehead atoms. The first kappa shape index (κ1) is 16.4. The zero-order valence-electron chi connectivity index (χ0n) is 13.0. The zero-order chi connectivity index (χ0) is 14.1. The van der Waals surface area contributed by atoms with Crippen molar-refractivity contribution in [3.8, 4) is 0 Å². The Hall–Kier alpha value is -1.00. The summed E-state index contributed by atoms with van der Waals surface area (Å²) in [5.41, 5.74) is 1.96.